The molecule has 0 aliphatic rings. The van der Waals surface area contributed by atoms with Crippen molar-refractivity contribution in [1.82, 2.24) is 19.7 Å². The van der Waals surface area contributed by atoms with Gasteiger partial charge in [-0.1, -0.05) is 24.3 Å². The second-order valence-electron chi connectivity index (χ2n) is 9.18. The van der Waals surface area contributed by atoms with Crippen molar-refractivity contribution in [3.05, 3.63) is 101 Å². The molecule has 0 radical (unpaired) electrons. The Kier molecular flexibility index (Phi) is 6.22. The summed E-state index contributed by atoms with van der Waals surface area (Å²) in [5.41, 5.74) is 8.01. The molecule has 1 unspecified atom stereocenters. The number of hydrogen-bond donors (Lipinski definition) is 1. The Morgan fingerprint density at radius 3 is 2.62 bits per heavy atom. The molecule has 0 aliphatic carbocycles. The number of aromatic nitrogens is 4. The standard InChI is InChI=1S/C30H23F2N5O3/c1-3-39-23-12-11-18(14-21(23)32)26-25-29(33)34-15-35-30(25)37(36-26)16(2)28-24(17-7-6-8-19(31)13-17)27(38)20-9-4-5-10-22(20)40-28/h4-16H,3H2,1-2H3,(H2,33,34,35). The van der Waals surface area contributed by atoms with Gasteiger partial charge in [-0.05, 0) is 61.9 Å². The minimum absolute atomic E-state index is 0.116. The first kappa shape index (κ1) is 25.2. The number of hydrogen-bond acceptors (Lipinski definition) is 7. The van der Waals surface area contributed by atoms with Crippen molar-refractivity contribution in [3.8, 4) is 28.1 Å². The molecule has 0 spiro atoms. The Morgan fingerprint density at radius 1 is 1.02 bits per heavy atom. The SMILES string of the molecule is CCOc1ccc(-c2nn(C(C)c3oc4ccccc4c(=O)c3-c3cccc(F)c3)c3ncnc(N)c23)cc1F. The fraction of sp³-hybridized carbons (Fsp3) is 0.133. The molecule has 6 rings (SSSR count). The highest BCUT2D eigenvalue weighted by Crippen LogP contribution is 2.37. The van der Waals surface area contributed by atoms with Crippen LogP contribution in [0.15, 0.2) is 82.3 Å². The lowest BCUT2D eigenvalue weighted by Crippen LogP contribution is -2.16. The van der Waals surface area contributed by atoms with Gasteiger partial charge in [0.1, 0.15) is 41.0 Å². The lowest BCUT2D eigenvalue weighted by Gasteiger charge is -2.17. The predicted molar refractivity (Wildman–Crippen MR) is 148 cm³/mol. The van der Waals surface area contributed by atoms with Crippen LogP contribution in [0, 0.1) is 11.6 Å². The highest BCUT2D eigenvalue weighted by Gasteiger charge is 2.27. The van der Waals surface area contributed by atoms with E-state index in [0.29, 0.717) is 45.4 Å². The molecular formula is C30H23F2N5O3. The van der Waals surface area contributed by atoms with E-state index in [1.54, 1.807) is 54.9 Å². The molecule has 200 valence electrons. The molecule has 8 nitrogen and oxygen atoms in total. The van der Waals surface area contributed by atoms with Gasteiger partial charge in [-0.2, -0.15) is 5.10 Å². The molecule has 0 amide bonds. The first-order valence-electron chi connectivity index (χ1n) is 12.6. The minimum atomic E-state index is -0.714. The molecule has 2 N–H and O–H groups in total. The zero-order valence-corrected chi connectivity index (χ0v) is 21.6. The first-order valence-corrected chi connectivity index (χ1v) is 12.6. The molecule has 0 saturated heterocycles. The molecule has 0 saturated carbocycles. The third kappa shape index (κ3) is 4.14. The number of nitrogens with zero attached hydrogens (tertiary/aromatic N) is 4. The molecule has 3 heterocycles. The smallest absolute Gasteiger partial charge is 0.200 e. The molecule has 1 atom stereocenters. The zero-order valence-electron chi connectivity index (χ0n) is 21.6. The lowest BCUT2D eigenvalue weighted by molar-refractivity contribution is 0.321. The van der Waals surface area contributed by atoms with E-state index >= 15 is 0 Å². The fourth-order valence-electron chi connectivity index (χ4n) is 4.87. The number of nitrogens with two attached hydrogens (primary N) is 1. The molecule has 3 aromatic carbocycles. The van der Waals surface area contributed by atoms with Gasteiger partial charge in [0.2, 0.25) is 5.43 Å². The van der Waals surface area contributed by atoms with Crippen LogP contribution < -0.4 is 15.9 Å². The topological polar surface area (TPSA) is 109 Å². The van der Waals surface area contributed by atoms with Crippen molar-refractivity contribution in [2.75, 3.05) is 12.3 Å². The van der Waals surface area contributed by atoms with Crippen molar-refractivity contribution >= 4 is 27.8 Å². The molecule has 0 bridgehead atoms. The summed E-state index contributed by atoms with van der Waals surface area (Å²) in [5, 5.41) is 5.54. The second kappa shape index (κ2) is 9.88. The lowest BCUT2D eigenvalue weighted by atomic mass is 9.99. The summed E-state index contributed by atoms with van der Waals surface area (Å²) in [6.45, 7) is 3.87. The van der Waals surface area contributed by atoms with E-state index in [1.165, 1.54) is 36.7 Å². The monoisotopic (exact) mass is 539 g/mol. The van der Waals surface area contributed by atoms with E-state index in [0.717, 1.165) is 0 Å². The van der Waals surface area contributed by atoms with Gasteiger partial charge in [-0.25, -0.2) is 23.4 Å². The van der Waals surface area contributed by atoms with Gasteiger partial charge in [0.25, 0.3) is 0 Å². The third-order valence-corrected chi connectivity index (χ3v) is 6.71. The van der Waals surface area contributed by atoms with E-state index in [1.807, 2.05) is 0 Å². The summed E-state index contributed by atoms with van der Waals surface area (Å²) in [4.78, 5) is 22.3. The van der Waals surface area contributed by atoms with Crippen LogP contribution in [0.3, 0.4) is 0 Å². The van der Waals surface area contributed by atoms with E-state index in [4.69, 9.17) is 20.0 Å². The van der Waals surface area contributed by atoms with Crippen molar-refractivity contribution in [3.63, 3.8) is 0 Å². The maximum atomic E-state index is 14.8. The van der Waals surface area contributed by atoms with Crippen molar-refractivity contribution in [2.45, 2.75) is 19.9 Å². The average Bonchev–Trinajstić information content (AvgIpc) is 3.35. The van der Waals surface area contributed by atoms with E-state index < -0.39 is 17.7 Å². The van der Waals surface area contributed by atoms with E-state index in [2.05, 4.69) is 9.97 Å². The highest BCUT2D eigenvalue weighted by atomic mass is 19.1. The van der Waals surface area contributed by atoms with Gasteiger partial charge in [0, 0.05) is 5.56 Å². The van der Waals surface area contributed by atoms with E-state index in [-0.39, 0.29) is 28.3 Å². The van der Waals surface area contributed by atoms with Crippen LogP contribution in [0.2, 0.25) is 0 Å². The van der Waals surface area contributed by atoms with Crippen molar-refractivity contribution in [2.24, 2.45) is 0 Å². The Bertz CT molecular complexity index is 1970. The summed E-state index contributed by atoms with van der Waals surface area (Å²) >= 11 is 0. The Hall–Kier alpha value is -5.12. The molecule has 3 aromatic heterocycles. The van der Waals surface area contributed by atoms with Gasteiger partial charge >= 0.3 is 0 Å². The maximum absolute atomic E-state index is 14.8. The minimum Gasteiger partial charge on any atom is -0.491 e. The number of benzene rings is 3. The van der Waals surface area contributed by atoms with Crippen LogP contribution in [0.5, 0.6) is 5.75 Å². The normalized spacial score (nSPS) is 12.2. The third-order valence-electron chi connectivity index (χ3n) is 6.71. The van der Waals surface area contributed by atoms with Gasteiger partial charge in [-0.15, -0.1) is 0 Å². The molecule has 0 fully saturated rings. The molecule has 40 heavy (non-hydrogen) atoms. The van der Waals surface area contributed by atoms with Gasteiger partial charge in [-0.3, -0.25) is 4.79 Å². The number of fused-ring (bicyclic) bond motifs is 2. The number of halogens is 2. The predicted octanol–water partition coefficient (Wildman–Crippen LogP) is 6.14. The highest BCUT2D eigenvalue weighted by molar-refractivity contribution is 5.98. The summed E-state index contributed by atoms with van der Waals surface area (Å²) in [6, 6.07) is 16.4. The molecular weight excluding hydrogens is 516 g/mol. The largest absolute Gasteiger partial charge is 0.491 e. The van der Waals surface area contributed by atoms with Crippen LogP contribution in [0.25, 0.3) is 44.4 Å². The van der Waals surface area contributed by atoms with Crippen LogP contribution in [-0.4, -0.2) is 26.4 Å². The van der Waals surface area contributed by atoms with Crippen LogP contribution in [-0.2, 0) is 0 Å². The number of para-hydroxylation sites is 1. The maximum Gasteiger partial charge on any atom is 0.200 e. The summed E-state index contributed by atoms with van der Waals surface area (Å²) < 4.78 is 42.3. The Balaban J connectivity index is 1.60. The number of ether oxygens (including phenoxy) is 1. The Labute approximate surface area is 226 Å². The fourth-order valence-corrected chi connectivity index (χ4v) is 4.87. The number of anilines is 1. The average molecular weight is 540 g/mol. The second-order valence-corrected chi connectivity index (χ2v) is 9.18. The van der Waals surface area contributed by atoms with Gasteiger partial charge < -0.3 is 14.9 Å². The molecule has 6 aromatic rings. The summed E-state index contributed by atoms with van der Waals surface area (Å²) in [7, 11) is 0. The van der Waals surface area contributed by atoms with Crippen LogP contribution in [0.1, 0.15) is 25.6 Å². The first-order chi connectivity index (χ1) is 19.4. The summed E-state index contributed by atoms with van der Waals surface area (Å²) in [5.74, 6) is -0.531. The van der Waals surface area contributed by atoms with Crippen LogP contribution >= 0.6 is 0 Å². The summed E-state index contributed by atoms with van der Waals surface area (Å²) in [6.07, 6.45) is 1.30. The van der Waals surface area contributed by atoms with Gasteiger partial charge in [0.15, 0.2) is 17.2 Å². The quantitative estimate of drug-likeness (QED) is 0.271. The van der Waals surface area contributed by atoms with Crippen molar-refractivity contribution < 1.29 is 17.9 Å². The number of nitrogen functional groups attached to an aromatic ring is 1. The molecule has 0 aliphatic heterocycles. The van der Waals surface area contributed by atoms with Crippen LogP contribution in [0.4, 0.5) is 14.6 Å². The Morgan fingerprint density at radius 2 is 1.85 bits per heavy atom. The molecule has 10 heteroatoms. The zero-order chi connectivity index (χ0) is 28.0. The van der Waals surface area contributed by atoms with Gasteiger partial charge in [0.05, 0.1) is 22.9 Å². The van der Waals surface area contributed by atoms with Crippen molar-refractivity contribution in [1.29, 1.82) is 0 Å². The van der Waals surface area contributed by atoms with E-state index in [9.17, 15) is 13.6 Å². The number of rotatable bonds is 6.